The maximum absolute atomic E-state index is 13.5. The van der Waals surface area contributed by atoms with E-state index < -0.39 is 0 Å². The highest BCUT2D eigenvalue weighted by molar-refractivity contribution is 5.94. The molecule has 2 rings (SSSR count). The molecule has 0 bridgehead atoms. The van der Waals surface area contributed by atoms with E-state index in [1.54, 1.807) is 18.2 Å². The first-order valence-corrected chi connectivity index (χ1v) is 6.86. The fourth-order valence-corrected chi connectivity index (χ4v) is 2.05. The molecule has 2 aromatic rings. The topological polar surface area (TPSA) is 29.1 Å². The molecule has 4 heteroatoms. The fourth-order valence-electron chi connectivity index (χ4n) is 2.05. The summed E-state index contributed by atoms with van der Waals surface area (Å²) in [5.41, 5.74) is 1.05. The van der Waals surface area contributed by atoms with Gasteiger partial charge in [-0.15, -0.1) is 0 Å². The highest BCUT2D eigenvalue weighted by Crippen LogP contribution is 2.10. The van der Waals surface area contributed by atoms with Crippen molar-refractivity contribution in [2.75, 3.05) is 0 Å². The highest BCUT2D eigenvalue weighted by Gasteiger charge is 2.10. The number of benzene rings is 2. The van der Waals surface area contributed by atoms with E-state index in [1.807, 2.05) is 6.92 Å². The number of rotatable bonds is 5. The number of nitrogens with one attached hydrogen (secondary N) is 1. The van der Waals surface area contributed by atoms with Crippen LogP contribution in [-0.4, -0.2) is 11.9 Å². The van der Waals surface area contributed by atoms with Gasteiger partial charge in [0.15, 0.2) is 0 Å². The lowest BCUT2D eigenvalue weighted by atomic mass is 10.1. The van der Waals surface area contributed by atoms with Crippen LogP contribution in [0.4, 0.5) is 8.78 Å². The summed E-state index contributed by atoms with van der Waals surface area (Å²) in [6.45, 7) is 1.86. The smallest absolute Gasteiger partial charge is 0.251 e. The quantitative estimate of drug-likeness (QED) is 0.893. The first-order chi connectivity index (χ1) is 10.1. The van der Waals surface area contributed by atoms with E-state index in [1.165, 1.54) is 30.3 Å². The van der Waals surface area contributed by atoms with Crippen LogP contribution in [0.1, 0.15) is 29.3 Å². The minimum absolute atomic E-state index is 0.0952. The normalized spacial score (nSPS) is 12.0. The van der Waals surface area contributed by atoms with Gasteiger partial charge < -0.3 is 5.32 Å². The van der Waals surface area contributed by atoms with Crippen LogP contribution < -0.4 is 5.32 Å². The third kappa shape index (κ3) is 4.38. The first kappa shape index (κ1) is 15.2. The van der Waals surface area contributed by atoms with Gasteiger partial charge in [-0.2, -0.15) is 0 Å². The summed E-state index contributed by atoms with van der Waals surface area (Å²) in [6.07, 6.45) is 1.19. The Balaban J connectivity index is 1.87. The van der Waals surface area contributed by atoms with Crippen LogP contribution in [0.25, 0.3) is 0 Å². The van der Waals surface area contributed by atoms with E-state index in [9.17, 15) is 13.6 Å². The SMILES string of the molecule is CC(CCc1ccccc1F)NC(=O)c1ccc(F)cc1. The number of amides is 1. The zero-order valence-corrected chi connectivity index (χ0v) is 11.8. The van der Waals surface area contributed by atoms with Gasteiger partial charge in [0.05, 0.1) is 0 Å². The van der Waals surface area contributed by atoms with E-state index in [2.05, 4.69) is 5.32 Å². The molecule has 0 aromatic heterocycles. The van der Waals surface area contributed by atoms with Crippen molar-refractivity contribution in [1.82, 2.24) is 5.32 Å². The summed E-state index contributed by atoms with van der Waals surface area (Å²) in [5, 5.41) is 2.82. The first-order valence-electron chi connectivity index (χ1n) is 6.86. The second kappa shape index (κ2) is 6.97. The zero-order chi connectivity index (χ0) is 15.2. The molecule has 0 spiro atoms. The van der Waals surface area contributed by atoms with Crippen molar-refractivity contribution in [1.29, 1.82) is 0 Å². The fraction of sp³-hybridized carbons (Fsp3) is 0.235. The Bertz CT molecular complexity index is 610. The molecule has 21 heavy (non-hydrogen) atoms. The Hall–Kier alpha value is -2.23. The van der Waals surface area contributed by atoms with Crippen molar-refractivity contribution in [3.8, 4) is 0 Å². The number of hydrogen-bond donors (Lipinski definition) is 1. The second-order valence-corrected chi connectivity index (χ2v) is 5.01. The Morgan fingerprint density at radius 1 is 1.10 bits per heavy atom. The minimum atomic E-state index is -0.376. The van der Waals surface area contributed by atoms with Crippen LogP contribution in [0.15, 0.2) is 48.5 Å². The molecule has 1 atom stereocenters. The van der Waals surface area contributed by atoms with E-state index in [-0.39, 0.29) is 23.6 Å². The lowest BCUT2D eigenvalue weighted by molar-refractivity contribution is 0.0938. The molecule has 2 nitrogen and oxygen atoms in total. The number of carbonyl (C=O) groups is 1. The van der Waals surface area contributed by atoms with Crippen molar-refractivity contribution >= 4 is 5.91 Å². The maximum atomic E-state index is 13.5. The van der Waals surface area contributed by atoms with Crippen molar-refractivity contribution in [3.05, 3.63) is 71.3 Å². The van der Waals surface area contributed by atoms with E-state index in [4.69, 9.17) is 0 Å². The Kier molecular flexibility index (Phi) is 5.04. The summed E-state index contributed by atoms with van der Waals surface area (Å²) in [4.78, 5) is 11.9. The number of carbonyl (C=O) groups excluding carboxylic acids is 1. The van der Waals surface area contributed by atoms with E-state index in [0.29, 0.717) is 24.0 Å². The van der Waals surface area contributed by atoms with Crippen molar-refractivity contribution < 1.29 is 13.6 Å². The van der Waals surface area contributed by atoms with Crippen LogP contribution >= 0.6 is 0 Å². The zero-order valence-electron chi connectivity index (χ0n) is 11.8. The summed E-state index contributed by atoms with van der Waals surface area (Å²) >= 11 is 0. The van der Waals surface area contributed by atoms with Crippen LogP contribution in [0, 0.1) is 11.6 Å². The summed E-state index contributed by atoms with van der Waals surface area (Å²) in [7, 11) is 0. The molecule has 0 radical (unpaired) electrons. The summed E-state index contributed by atoms with van der Waals surface area (Å²) < 4.78 is 26.3. The molecule has 0 aliphatic heterocycles. The minimum Gasteiger partial charge on any atom is -0.350 e. The standard InChI is InChI=1S/C17H17F2NO/c1-12(6-7-13-4-2-3-5-16(13)19)20-17(21)14-8-10-15(18)11-9-14/h2-5,8-12H,6-7H2,1H3,(H,20,21). The van der Waals surface area contributed by atoms with Crippen molar-refractivity contribution in [2.24, 2.45) is 0 Å². The number of aryl methyl sites for hydroxylation is 1. The molecule has 0 saturated heterocycles. The van der Waals surface area contributed by atoms with Crippen LogP contribution in [0.3, 0.4) is 0 Å². The van der Waals surface area contributed by atoms with Crippen molar-refractivity contribution in [3.63, 3.8) is 0 Å². The molecule has 110 valence electrons. The van der Waals surface area contributed by atoms with Gasteiger partial charge >= 0.3 is 0 Å². The molecule has 0 heterocycles. The van der Waals surface area contributed by atoms with Gasteiger partial charge in [0, 0.05) is 11.6 Å². The Morgan fingerprint density at radius 3 is 2.43 bits per heavy atom. The molecule has 0 aliphatic carbocycles. The average Bonchev–Trinajstić information content (AvgIpc) is 2.47. The van der Waals surface area contributed by atoms with Gasteiger partial charge in [-0.1, -0.05) is 18.2 Å². The third-order valence-electron chi connectivity index (χ3n) is 3.29. The lowest BCUT2D eigenvalue weighted by Crippen LogP contribution is -2.32. The molecular formula is C17H17F2NO. The third-order valence-corrected chi connectivity index (χ3v) is 3.29. The highest BCUT2D eigenvalue weighted by atomic mass is 19.1. The van der Waals surface area contributed by atoms with Crippen LogP contribution in [0.5, 0.6) is 0 Å². The molecule has 0 aliphatic rings. The summed E-state index contributed by atoms with van der Waals surface area (Å²) in [5.74, 6) is -0.857. The monoisotopic (exact) mass is 289 g/mol. The Labute approximate surface area is 122 Å². The Morgan fingerprint density at radius 2 is 1.76 bits per heavy atom. The molecule has 1 N–H and O–H groups in total. The van der Waals surface area contributed by atoms with Gasteiger partial charge in [0.2, 0.25) is 0 Å². The molecule has 1 unspecified atom stereocenters. The van der Waals surface area contributed by atoms with E-state index >= 15 is 0 Å². The van der Waals surface area contributed by atoms with Gasteiger partial charge in [-0.05, 0) is 55.7 Å². The predicted molar refractivity (Wildman–Crippen MR) is 78.0 cm³/mol. The molecular weight excluding hydrogens is 272 g/mol. The van der Waals surface area contributed by atoms with Gasteiger partial charge in [-0.25, -0.2) is 8.78 Å². The maximum Gasteiger partial charge on any atom is 0.251 e. The van der Waals surface area contributed by atoms with Gasteiger partial charge in [-0.3, -0.25) is 4.79 Å². The predicted octanol–water partition coefficient (Wildman–Crippen LogP) is 3.72. The van der Waals surface area contributed by atoms with Crippen LogP contribution in [0.2, 0.25) is 0 Å². The molecule has 1 amide bonds. The second-order valence-electron chi connectivity index (χ2n) is 5.01. The molecule has 0 fully saturated rings. The number of hydrogen-bond acceptors (Lipinski definition) is 1. The van der Waals surface area contributed by atoms with Crippen molar-refractivity contribution in [2.45, 2.75) is 25.8 Å². The molecule has 0 saturated carbocycles. The van der Waals surface area contributed by atoms with Crippen LogP contribution in [-0.2, 0) is 6.42 Å². The lowest BCUT2D eigenvalue weighted by Gasteiger charge is -2.14. The average molecular weight is 289 g/mol. The molecule has 2 aromatic carbocycles. The summed E-state index contributed by atoms with van der Waals surface area (Å²) in [6, 6.07) is 11.9. The van der Waals surface area contributed by atoms with Gasteiger partial charge in [0.1, 0.15) is 11.6 Å². The number of halogens is 2. The van der Waals surface area contributed by atoms with Gasteiger partial charge in [0.25, 0.3) is 5.91 Å². The van der Waals surface area contributed by atoms with E-state index in [0.717, 1.165) is 0 Å². The largest absolute Gasteiger partial charge is 0.350 e.